The second-order valence-electron chi connectivity index (χ2n) is 5.41. The molecule has 0 saturated carbocycles. The van der Waals surface area contributed by atoms with Crippen LogP contribution in [0.5, 0.6) is 0 Å². The molecule has 2 rings (SSSR count). The number of carboxylic acid groups (broad SMARTS) is 1. The first kappa shape index (κ1) is 18.1. The smallest absolute Gasteiger partial charge is 0.335 e. The molecule has 1 amide bonds. The van der Waals surface area contributed by atoms with Gasteiger partial charge < -0.3 is 10.4 Å². The summed E-state index contributed by atoms with van der Waals surface area (Å²) in [5.41, 5.74) is 2.14. The number of benzene rings is 2. The van der Waals surface area contributed by atoms with Crippen LogP contribution in [-0.4, -0.2) is 29.8 Å². The van der Waals surface area contributed by atoms with Gasteiger partial charge in [0.15, 0.2) is 0 Å². The molecule has 5 heteroatoms. The van der Waals surface area contributed by atoms with Crippen LogP contribution in [0.25, 0.3) is 0 Å². The summed E-state index contributed by atoms with van der Waals surface area (Å²) in [7, 11) is 0. The third kappa shape index (κ3) is 5.42. The molecule has 2 aromatic carbocycles. The maximum absolute atomic E-state index is 11.9. The Bertz CT molecular complexity index is 698. The number of rotatable bonds is 8. The van der Waals surface area contributed by atoms with E-state index in [1.807, 2.05) is 6.26 Å². The van der Waals surface area contributed by atoms with E-state index in [4.69, 9.17) is 5.11 Å². The van der Waals surface area contributed by atoms with E-state index in [-0.39, 0.29) is 17.9 Å². The van der Waals surface area contributed by atoms with Gasteiger partial charge in [0.2, 0.25) is 5.91 Å². The largest absolute Gasteiger partial charge is 0.478 e. The molecule has 2 N–H and O–H groups in total. The molecular weight excluding hydrogens is 322 g/mol. The Labute approximate surface area is 146 Å². The Kier molecular flexibility index (Phi) is 6.88. The highest BCUT2D eigenvalue weighted by molar-refractivity contribution is 7.98. The molecule has 0 aliphatic carbocycles. The molecule has 0 unspecified atom stereocenters. The van der Waals surface area contributed by atoms with Crippen molar-refractivity contribution >= 4 is 23.6 Å². The van der Waals surface area contributed by atoms with E-state index in [0.29, 0.717) is 18.5 Å². The summed E-state index contributed by atoms with van der Waals surface area (Å²) < 4.78 is 0. The molecule has 0 heterocycles. The van der Waals surface area contributed by atoms with Crippen molar-refractivity contribution in [3.63, 3.8) is 0 Å². The van der Waals surface area contributed by atoms with Crippen molar-refractivity contribution in [2.45, 2.75) is 24.2 Å². The number of carbonyl (C=O) groups is 2. The van der Waals surface area contributed by atoms with Crippen LogP contribution < -0.4 is 5.32 Å². The third-order valence-corrected chi connectivity index (χ3v) is 4.51. The second-order valence-corrected chi connectivity index (χ2v) is 6.29. The first-order valence-electron chi connectivity index (χ1n) is 7.81. The number of carboxylic acids is 1. The molecule has 0 fully saturated rings. The Balaban J connectivity index is 1.76. The highest BCUT2D eigenvalue weighted by Gasteiger charge is 2.10. The number of aromatic carboxylic acids is 1. The Morgan fingerprint density at radius 3 is 2.42 bits per heavy atom. The van der Waals surface area contributed by atoms with Gasteiger partial charge in [0.1, 0.15) is 0 Å². The number of amides is 1. The average molecular weight is 343 g/mol. The average Bonchev–Trinajstić information content (AvgIpc) is 2.60. The van der Waals surface area contributed by atoms with Gasteiger partial charge in [0, 0.05) is 17.9 Å². The zero-order valence-corrected chi connectivity index (χ0v) is 14.4. The molecule has 0 saturated heterocycles. The number of hydrogen-bond acceptors (Lipinski definition) is 3. The minimum absolute atomic E-state index is 0.0593. The quantitative estimate of drug-likeness (QED) is 0.721. The maximum Gasteiger partial charge on any atom is 0.335 e. The highest BCUT2D eigenvalue weighted by atomic mass is 32.2. The van der Waals surface area contributed by atoms with E-state index in [2.05, 4.69) is 29.6 Å². The van der Waals surface area contributed by atoms with Crippen molar-refractivity contribution < 1.29 is 14.7 Å². The molecule has 24 heavy (non-hydrogen) atoms. The zero-order valence-electron chi connectivity index (χ0n) is 13.6. The summed E-state index contributed by atoms with van der Waals surface area (Å²) in [6, 6.07) is 15.1. The maximum atomic E-state index is 11.9. The standard InChI is InChI=1S/C19H21NO3S/c1-24-16-9-6-14(7-10-16)12-13-20-18(21)11-8-15-4-2-3-5-17(15)19(22)23/h2-7,9-10H,8,11-13H2,1H3,(H,20,21)(H,22,23). The fraction of sp³-hybridized carbons (Fsp3) is 0.263. The predicted molar refractivity (Wildman–Crippen MR) is 96.7 cm³/mol. The monoisotopic (exact) mass is 343 g/mol. The lowest BCUT2D eigenvalue weighted by molar-refractivity contribution is -0.121. The summed E-state index contributed by atoms with van der Waals surface area (Å²) in [5, 5.41) is 12.0. The van der Waals surface area contributed by atoms with Crippen LogP contribution in [0.2, 0.25) is 0 Å². The van der Waals surface area contributed by atoms with Crippen LogP contribution in [0.4, 0.5) is 0 Å². The number of thioether (sulfide) groups is 1. The highest BCUT2D eigenvalue weighted by Crippen LogP contribution is 2.15. The molecule has 0 aliphatic rings. The molecule has 0 spiro atoms. The lowest BCUT2D eigenvalue weighted by Gasteiger charge is -2.08. The molecule has 0 aliphatic heterocycles. The fourth-order valence-corrected chi connectivity index (χ4v) is 2.83. The van der Waals surface area contributed by atoms with Crippen LogP contribution in [0, 0.1) is 0 Å². The first-order valence-corrected chi connectivity index (χ1v) is 9.03. The lowest BCUT2D eigenvalue weighted by atomic mass is 10.0. The summed E-state index contributed by atoms with van der Waals surface area (Å²) in [4.78, 5) is 24.3. The zero-order chi connectivity index (χ0) is 17.4. The number of nitrogens with one attached hydrogen (secondary N) is 1. The minimum atomic E-state index is -0.959. The van der Waals surface area contributed by atoms with Gasteiger partial charge in [-0.3, -0.25) is 4.79 Å². The van der Waals surface area contributed by atoms with Crippen molar-refractivity contribution in [1.82, 2.24) is 5.32 Å². The Morgan fingerprint density at radius 2 is 1.75 bits per heavy atom. The molecule has 0 radical (unpaired) electrons. The number of carbonyl (C=O) groups excluding carboxylic acids is 1. The normalized spacial score (nSPS) is 10.4. The SMILES string of the molecule is CSc1ccc(CCNC(=O)CCc2ccccc2C(=O)O)cc1. The van der Waals surface area contributed by atoms with Gasteiger partial charge >= 0.3 is 5.97 Å². The molecule has 0 atom stereocenters. The second kappa shape index (κ2) is 9.13. The minimum Gasteiger partial charge on any atom is -0.478 e. The van der Waals surface area contributed by atoms with E-state index in [9.17, 15) is 9.59 Å². The molecule has 0 aromatic heterocycles. The van der Waals surface area contributed by atoms with Gasteiger partial charge in [-0.05, 0) is 48.4 Å². The number of hydrogen-bond donors (Lipinski definition) is 2. The van der Waals surface area contributed by atoms with Crippen molar-refractivity contribution in [3.05, 3.63) is 65.2 Å². The van der Waals surface area contributed by atoms with E-state index >= 15 is 0 Å². The molecular formula is C19H21NO3S. The predicted octanol–water partition coefficient (Wildman–Crippen LogP) is 3.40. The van der Waals surface area contributed by atoms with Crippen LogP contribution in [0.15, 0.2) is 53.4 Å². The van der Waals surface area contributed by atoms with E-state index in [1.165, 1.54) is 10.5 Å². The van der Waals surface area contributed by atoms with Gasteiger partial charge in [0.25, 0.3) is 0 Å². The third-order valence-electron chi connectivity index (χ3n) is 3.76. The van der Waals surface area contributed by atoms with E-state index in [0.717, 1.165) is 6.42 Å². The van der Waals surface area contributed by atoms with Gasteiger partial charge in [-0.1, -0.05) is 30.3 Å². The number of aryl methyl sites for hydroxylation is 1. The lowest BCUT2D eigenvalue weighted by Crippen LogP contribution is -2.26. The summed E-state index contributed by atoms with van der Waals surface area (Å²) >= 11 is 1.70. The molecule has 0 bridgehead atoms. The summed E-state index contributed by atoms with van der Waals surface area (Å²) in [6.45, 7) is 0.581. The molecule has 126 valence electrons. The van der Waals surface area contributed by atoms with Gasteiger partial charge in [0.05, 0.1) is 5.56 Å². The van der Waals surface area contributed by atoms with Crippen molar-refractivity contribution in [2.75, 3.05) is 12.8 Å². The van der Waals surface area contributed by atoms with Crippen LogP contribution in [-0.2, 0) is 17.6 Å². The Morgan fingerprint density at radius 1 is 1.04 bits per heavy atom. The van der Waals surface area contributed by atoms with Crippen LogP contribution in [0.3, 0.4) is 0 Å². The van der Waals surface area contributed by atoms with E-state index < -0.39 is 5.97 Å². The van der Waals surface area contributed by atoms with Crippen molar-refractivity contribution in [1.29, 1.82) is 0 Å². The van der Waals surface area contributed by atoms with Crippen LogP contribution >= 0.6 is 11.8 Å². The summed E-state index contributed by atoms with van der Waals surface area (Å²) in [6.07, 6.45) is 3.54. The topological polar surface area (TPSA) is 66.4 Å². The molecule has 4 nitrogen and oxygen atoms in total. The van der Waals surface area contributed by atoms with E-state index in [1.54, 1.807) is 36.0 Å². The van der Waals surface area contributed by atoms with Gasteiger partial charge in [-0.25, -0.2) is 4.79 Å². The van der Waals surface area contributed by atoms with Gasteiger partial charge in [-0.15, -0.1) is 11.8 Å². The van der Waals surface area contributed by atoms with Crippen molar-refractivity contribution in [2.24, 2.45) is 0 Å². The van der Waals surface area contributed by atoms with Crippen molar-refractivity contribution in [3.8, 4) is 0 Å². The summed E-state index contributed by atoms with van der Waals surface area (Å²) in [5.74, 6) is -1.02. The molecule has 2 aromatic rings. The Hall–Kier alpha value is -2.27. The first-order chi connectivity index (χ1) is 11.6. The van der Waals surface area contributed by atoms with Gasteiger partial charge in [-0.2, -0.15) is 0 Å². The fourth-order valence-electron chi connectivity index (χ4n) is 2.42. The van der Waals surface area contributed by atoms with Crippen LogP contribution in [0.1, 0.15) is 27.9 Å².